The average molecular weight is 236 g/mol. The number of rotatable bonds is 0. The summed E-state index contributed by atoms with van der Waals surface area (Å²) in [4.78, 5) is 0. The molecule has 0 aromatic rings. The van der Waals surface area contributed by atoms with Gasteiger partial charge in [0.1, 0.15) is 24.9 Å². The molecule has 4 atom stereocenters. The van der Waals surface area contributed by atoms with Crippen molar-refractivity contribution in [2.45, 2.75) is 24.9 Å². The summed E-state index contributed by atoms with van der Waals surface area (Å²) in [5.74, 6) is 0. The highest BCUT2D eigenvalue weighted by molar-refractivity contribution is 4.69. The van der Waals surface area contributed by atoms with Crippen LogP contribution in [0.25, 0.3) is 0 Å². The molecule has 1 heterocycles. The summed E-state index contributed by atoms with van der Waals surface area (Å²) in [6, 6.07) is 0. The minimum absolute atomic E-state index is 0.145. The van der Waals surface area contributed by atoms with E-state index in [2.05, 4.69) is 21.3 Å². The zero-order valence-electron chi connectivity index (χ0n) is 8.93. The largest absolute Gasteiger partial charge is 0.377 e. The molecule has 1 aliphatic heterocycles. The maximum absolute atomic E-state index is 9.39. The number of hydrogen-bond donors (Lipinski definition) is 8. The Hall–Kier alpha value is -0.320. The van der Waals surface area contributed by atoms with Crippen LogP contribution in [0.1, 0.15) is 0 Å². The number of hydrogen-bond acceptors (Lipinski definition) is 8. The zero-order chi connectivity index (χ0) is 12.0. The SMILES string of the molecule is OC1CNC(O)CNC(O)CNC(O)CN1. The number of aliphatic hydroxyl groups is 4. The Labute approximate surface area is 93.7 Å². The van der Waals surface area contributed by atoms with Crippen LogP contribution in [0.3, 0.4) is 0 Å². The second-order valence-electron chi connectivity index (χ2n) is 3.70. The molecule has 1 fully saturated rings. The fraction of sp³-hybridized carbons (Fsp3) is 1.00. The molecule has 8 nitrogen and oxygen atoms in total. The third-order valence-corrected chi connectivity index (χ3v) is 2.19. The Kier molecular flexibility index (Phi) is 6.09. The van der Waals surface area contributed by atoms with Gasteiger partial charge in [-0.1, -0.05) is 0 Å². The first-order valence-corrected chi connectivity index (χ1v) is 5.23. The van der Waals surface area contributed by atoms with Crippen molar-refractivity contribution in [2.75, 3.05) is 26.2 Å². The maximum atomic E-state index is 9.39. The van der Waals surface area contributed by atoms with E-state index in [1.165, 1.54) is 0 Å². The highest BCUT2D eigenvalue weighted by atomic mass is 16.3. The summed E-state index contributed by atoms with van der Waals surface area (Å²) in [6.07, 6.45) is -3.41. The van der Waals surface area contributed by atoms with Gasteiger partial charge in [-0.15, -0.1) is 0 Å². The molecule has 16 heavy (non-hydrogen) atoms. The van der Waals surface area contributed by atoms with Gasteiger partial charge in [0.25, 0.3) is 0 Å². The van der Waals surface area contributed by atoms with E-state index in [4.69, 9.17) is 0 Å². The molecule has 8 heteroatoms. The van der Waals surface area contributed by atoms with Crippen LogP contribution >= 0.6 is 0 Å². The van der Waals surface area contributed by atoms with Crippen molar-refractivity contribution in [2.24, 2.45) is 0 Å². The van der Waals surface area contributed by atoms with E-state index in [-0.39, 0.29) is 26.2 Å². The topological polar surface area (TPSA) is 129 Å². The molecule has 4 unspecified atom stereocenters. The lowest BCUT2D eigenvalue weighted by atomic mass is 10.4. The average Bonchev–Trinajstić information content (AvgIpc) is 2.27. The lowest BCUT2D eigenvalue weighted by Gasteiger charge is -2.23. The van der Waals surface area contributed by atoms with Gasteiger partial charge in [-0.2, -0.15) is 0 Å². The molecule has 0 bridgehead atoms. The Morgan fingerprint density at radius 2 is 0.688 bits per heavy atom. The van der Waals surface area contributed by atoms with Crippen LogP contribution in [-0.4, -0.2) is 71.5 Å². The summed E-state index contributed by atoms with van der Waals surface area (Å²) < 4.78 is 0. The highest BCUT2D eigenvalue weighted by Crippen LogP contribution is 1.85. The fourth-order valence-electron chi connectivity index (χ4n) is 1.28. The van der Waals surface area contributed by atoms with Gasteiger partial charge in [0, 0.05) is 26.2 Å². The molecule has 0 aromatic carbocycles. The second kappa shape index (κ2) is 7.09. The van der Waals surface area contributed by atoms with E-state index in [1.54, 1.807) is 0 Å². The number of β-amino-alcohol motifs (C(OH)–C–C–N with tert-alkyl or cyclic N) is 4. The first-order valence-electron chi connectivity index (χ1n) is 5.23. The monoisotopic (exact) mass is 236 g/mol. The molecule has 1 rings (SSSR count). The lowest BCUT2D eigenvalue weighted by molar-refractivity contribution is 0.0366. The fourth-order valence-corrected chi connectivity index (χ4v) is 1.28. The smallest absolute Gasteiger partial charge is 0.117 e. The maximum Gasteiger partial charge on any atom is 0.117 e. The van der Waals surface area contributed by atoms with Crippen molar-refractivity contribution in [1.82, 2.24) is 21.3 Å². The predicted octanol–water partition coefficient (Wildman–Crippen LogP) is -4.37. The van der Waals surface area contributed by atoms with Crippen LogP contribution in [0.15, 0.2) is 0 Å². The van der Waals surface area contributed by atoms with E-state index >= 15 is 0 Å². The van der Waals surface area contributed by atoms with Crippen molar-refractivity contribution < 1.29 is 20.4 Å². The summed E-state index contributed by atoms with van der Waals surface area (Å²) in [5.41, 5.74) is 0. The molecular weight excluding hydrogens is 216 g/mol. The van der Waals surface area contributed by atoms with E-state index in [1.807, 2.05) is 0 Å². The first-order chi connectivity index (χ1) is 7.58. The summed E-state index contributed by atoms with van der Waals surface area (Å²) in [7, 11) is 0. The highest BCUT2D eigenvalue weighted by Gasteiger charge is 2.14. The van der Waals surface area contributed by atoms with Crippen molar-refractivity contribution in [3.05, 3.63) is 0 Å². The lowest BCUT2D eigenvalue weighted by Crippen LogP contribution is -2.54. The minimum atomic E-state index is -0.851. The van der Waals surface area contributed by atoms with E-state index in [9.17, 15) is 20.4 Å². The van der Waals surface area contributed by atoms with Crippen LogP contribution < -0.4 is 21.3 Å². The molecule has 8 N–H and O–H groups in total. The molecular formula is C8H20N4O4. The summed E-state index contributed by atoms with van der Waals surface area (Å²) in [6.45, 7) is 0.578. The zero-order valence-corrected chi connectivity index (χ0v) is 8.93. The van der Waals surface area contributed by atoms with Crippen molar-refractivity contribution in [3.8, 4) is 0 Å². The Bertz CT molecular complexity index is 141. The minimum Gasteiger partial charge on any atom is -0.377 e. The van der Waals surface area contributed by atoms with Crippen LogP contribution in [0, 0.1) is 0 Å². The molecule has 96 valence electrons. The summed E-state index contributed by atoms with van der Waals surface area (Å²) in [5, 5.41) is 48.2. The van der Waals surface area contributed by atoms with Gasteiger partial charge in [0.2, 0.25) is 0 Å². The van der Waals surface area contributed by atoms with Crippen LogP contribution in [0.5, 0.6) is 0 Å². The quantitative estimate of drug-likeness (QED) is 0.212. The van der Waals surface area contributed by atoms with Gasteiger partial charge in [-0.3, -0.25) is 21.3 Å². The molecule has 0 radical (unpaired) electrons. The van der Waals surface area contributed by atoms with E-state index in [0.717, 1.165) is 0 Å². The van der Waals surface area contributed by atoms with Gasteiger partial charge < -0.3 is 20.4 Å². The van der Waals surface area contributed by atoms with Crippen molar-refractivity contribution in [1.29, 1.82) is 0 Å². The predicted molar refractivity (Wildman–Crippen MR) is 56.0 cm³/mol. The van der Waals surface area contributed by atoms with Crippen molar-refractivity contribution >= 4 is 0 Å². The molecule has 0 spiro atoms. The van der Waals surface area contributed by atoms with Crippen molar-refractivity contribution in [3.63, 3.8) is 0 Å². The van der Waals surface area contributed by atoms with E-state index < -0.39 is 24.9 Å². The van der Waals surface area contributed by atoms with E-state index in [0.29, 0.717) is 0 Å². The van der Waals surface area contributed by atoms with Gasteiger partial charge in [-0.05, 0) is 0 Å². The Balaban J connectivity index is 2.39. The van der Waals surface area contributed by atoms with Crippen LogP contribution in [0.2, 0.25) is 0 Å². The molecule has 1 saturated heterocycles. The van der Waals surface area contributed by atoms with Gasteiger partial charge in [0.15, 0.2) is 0 Å². The molecule has 1 aliphatic rings. The van der Waals surface area contributed by atoms with Gasteiger partial charge >= 0.3 is 0 Å². The first kappa shape index (κ1) is 13.7. The third kappa shape index (κ3) is 5.68. The third-order valence-electron chi connectivity index (χ3n) is 2.19. The van der Waals surface area contributed by atoms with Crippen LogP contribution in [-0.2, 0) is 0 Å². The second-order valence-corrected chi connectivity index (χ2v) is 3.70. The molecule has 0 aromatic heterocycles. The van der Waals surface area contributed by atoms with Gasteiger partial charge in [0.05, 0.1) is 0 Å². The molecule has 0 saturated carbocycles. The summed E-state index contributed by atoms with van der Waals surface area (Å²) >= 11 is 0. The van der Waals surface area contributed by atoms with Gasteiger partial charge in [-0.25, -0.2) is 0 Å². The van der Waals surface area contributed by atoms with Crippen LogP contribution in [0.4, 0.5) is 0 Å². The Morgan fingerprint density at radius 1 is 0.500 bits per heavy atom. The Morgan fingerprint density at radius 3 is 0.875 bits per heavy atom. The molecule has 0 amide bonds. The normalized spacial score (nSPS) is 39.8. The standard InChI is InChI=1S/C8H20N4O4/c13-5-1-9-6(14)2-11-8(16)4-12-7(15)3-10-5/h5-16H,1-4H2. The number of nitrogens with one attached hydrogen (secondary N) is 4. The molecule has 0 aliphatic carbocycles. The number of aliphatic hydroxyl groups excluding tert-OH is 4.